The number of ether oxygens (including phenoxy) is 1. The smallest absolute Gasteiger partial charge is 0.342 e. The first-order valence-electron chi connectivity index (χ1n) is 11.1. The number of carbonyl (C=O) groups excluding carboxylic acids is 2. The molecule has 0 spiro atoms. The number of hydrogen-bond acceptors (Lipinski definition) is 5. The first-order chi connectivity index (χ1) is 15.5. The largest absolute Gasteiger partial charge is 0.455 e. The van der Waals surface area contributed by atoms with Gasteiger partial charge >= 0.3 is 5.97 Å². The van der Waals surface area contributed by atoms with E-state index in [1.165, 1.54) is 6.42 Å². The number of para-hydroxylation sites is 1. The predicted molar refractivity (Wildman–Crippen MR) is 123 cm³/mol. The molecule has 1 atom stereocenters. The van der Waals surface area contributed by atoms with Crippen LogP contribution in [0.15, 0.2) is 57.7 Å². The molecule has 1 amide bonds. The number of nitrogens with one attached hydrogen (secondary N) is 1. The van der Waals surface area contributed by atoms with E-state index in [1.54, 1.807) is 32.0 Å². The van der Waals surface area contributed by atoms with Gasteiger partial charge in [-0.1, -0.05) is 55.7 Å². The van der Waals surface area contributed by atoms with E-state index in [0.29, 0.717) is 16.7 Å². The summed E-state index contributed by atoms with van der Waals surface area (Å²) in [6.45, 7) is 3.26. The van der Waals surface area contributed by atoms with Gasteiger partial charge in [0.05, 0.1) is 5.39 Å². The third-order valence-corrected chi connectivity index (χ3v) is 6.01. The van der Waals surface area contributed by atoms with Gasteiger partial charge in [-0.25, -0.2) is 4.79 Å². The minimum Gasteiger partial charge on any atom is -0.455 e. The molecule has 1 heterocycles. The number of hydrogen-bond donors (Lipinski definition) is 1. The molecule has 1 N–H and O–H groups in total. The Kier molecular flexibility index (Phi) is 6.40. The minimum atomic E-state index is -0.953. The summed E-state index contributed by atoms with van der Waals surface area (Å²) >= 11 is 0. The molecule has 0 radical (unpaired) electrons. The lowest BCUT2D eigenvalue weighted by atomic mass is 9.95. The molecule has 2 aromatic carbocycles. The molecule has 1 fully saturated rings. The van der Waals surface area contributed by atoms with E-state index in [9.17, 15) is 14.4 Å². The maximum Gasteiger partial charge on any atom is 0.342 e. The Balaban J connectivity index is 1.62. The van der Waals surface area contributed by atoms with Crippen LogP contribution in [0.25, 0.3) is 22.3 Å². The molecule has 1 unspecified atom stereocenters. The van der Waals surface area contributed by atoms with Crippen molar-refractivity contribution >= 4 is 22.8 Å². The zero-order valence-corrected chi connectivity index (χ0v) is 18.4. The number of fused-ring (bicyclic) bond motifs is 1. The molecule has 0 aliphatic heterocycles. The predicted octanol–water partition coefficient (Wildman–Crippen LogP) is 4.76. The van der Waals surface area contributed by atoms with Crippen LogP contribution in [0, 0.1) is 6.92 Å². The highest BCUT2D eigenvalue weighted by atomic mass is 16.5. The third-order valence-electron chi connectivity index (χ3n) is 6.01. The number of carbonyl (C=O) groups is 2. The number of rotatable bonds is 5. The SMILES string of the molecule is Cc1c(-c2ccccc2)oc2c(C(=O)OC(C)C(=O)NC3CCCCC3)cccc2c1=O. The fourth-order valence-electron chi connectivity index (χ4n) is 4.18. The molecule has 1 saturated carbocycles. The van der Waals surface area contributed by atoms with E-state index < -0.39 is 12.1 Å². The Morgan fingerprint density at radius 2 is 1.75 bits per heavy atom. The second-order valence-corrected chi connectivity index (χ2v) is 8.32. The number of benzene rings is 2. The van der Waals surface area contributed by atoms with Crippen molar-refractivity contribution in [2.75, 3.05) is 0 Å². The summed E-state index contributed by atoms with van der Waals surface area (Å²) < 4.78 is 11.5. The molecule has 1 aromatic heterocycles. The van der Waals surface area contributed by atoms with Crippen molar-refractivity contribution in [1.82, 2.24) is 5.32 Å². The molecule has 1 aliphatic carbocycles. The third kappa shape index (κ3) is 4.44. The molecule has 32 heavy (non-hydrogen) atoms. The highest BCUT2D eigenvalue weighted by Gasteiger charge is 2.25. The highest BCUT2D eigenvalue weighted by molar-refractivity contribution is 6.03. The van der Waals surface area contributed by atoms with E-state index in [4.69, 9.17) is 9.15 Å². The first-order valence-corrected chi connectivity index (χ1v) is 11.1. The highest BCUT2D eigenvalue weighted by Crippen LogP contribution is 2.27. The summed E-state index contributed by atoms with van der Waals surface area (Å²) in [5.74, 6) is -0.605. The maximum atomic E-state index is 13.0. The maximum absolute atomic E-state index is 13.0. The summed E-state index contributed by atoms with van der Waals surface area (Å²) in [5.41, 5.74) is 1.28. The van der Waals surface area contributed by atoms with Crippen LogP contribution < -0.4 is 10.7 Å². The van der Waals surface area contributed by atoms with Gasteiger partial charge in [-0.2, -0.15) is 0 Å². The lowest BCUT2D eigenvalue weighted by Crippen LogP contribution is -2.42. The molecule has 166 valence electrons. The van der Waals surface area contributed by atoms with Gasteiger partial charge in [-0.05, 0) is 38.8 Å². The first kappa shape index (κ1) is 21.8. The second kappa shape index (κ2) is 9.39. The Bertz CT molecular complexity index is 1190. The van der Waals surface area contributed by atoms with E-state index in [0.717, 1.165) is 31.2 Å². The normalized spacial score (nSPS) is 15.3. The van der Waals surface area contributed by atoms with Crippen LogP contribution in [0.5, 0.6) is 0 Å². The topological polar surface area (TPSA) is 85.6 Å². The standard InChI is InChI=1S/C26H27NO5/c1-16-22(28)20-14-9-15-21(24(20)32-23(16)18-10-5-3-6-11-18)26(30)31-17(2)25(29)27-19-12-7-4-8-13-19/h3,5-6,9-11,14-15,17,19H,4,7-8,12-13H2,1-2H3,(H,27,29). The molecule has 6 heteroatoms. The van der Waals surface area contributed by atoms with Crippen molar-refractivity contribution in [2.24, 2.45) is 0 Å². The molecular formula is C26H27NO5. The summed E-state index contributed by atoms with van der Waals surface area (Å²) in [6, 6.07) is 14.2. The van der Waals surface area contributed by atoms with Crippen molar-refractivity contribution in [3.63, 3.8) is 0 Å². The van der Waals surface area contributed by atoms with Gasteiger partial charge in [0.15, 0.2) is 17.1 Å². The molecule has 0 saturated heterocycles. The monoisotopic (exact) mass is 433 g/mol. The Hall–Kier alpha value is -3.41. The van der Waals surface area contributed by atoms with Crippen LogP contribution in [0.4, 0.5) is 0 Å². The van der Waals surface area contributed by atoms with Crippen LogP contribution in [0.1, 0.15) is 54.9 Å². The molecule has 6 nitrogen and oxygen atoms in total. The van der Waals surface area contributed by atoms with Gasteiger partial charge in [-0.3, -0.25) is 9.59 Å². The quantitative estimate of drug-likeness (QED) is 0.586. The molecule has 3 aromatic rings. The van der Waals surface area contributed by atoms with Crippen LogP contribution in [0.3, 0.4) is 0 Å². The van der Waals surface area contributed by atoms with E-state index >= 15 is 0 Å². The van der Waals surface area contributed by atoms with Gasteiger partial charge in [0.25, 0.3) is 5.91 Å². The molecular weight excluding hydrogens is 406 g/mol. The van der Waals surface area contributed by atoms with Crippen molar-refractivity contribution < 1.29 is 18.7 Å². The fourth-order valence-corrected chi connectivity index (χ4v) is 4.18. The van der Waals surface area contributed by atoms with Gasteiger partial charge in [0.2, 0.25) is 0 Å². The molecule has 0 bridgehead atoms. The van der Waals surface area contributed by atoms with E-state index in [-0.39, 0.29) is 28.5 Å². The van der Waals surface area contributed by atoms with Gasteiger partial charge < -0.3 is 14.5 Å². The van der Waals surface area contributed by atoms with E-state index in [1.807, 2.05) is 30.3 Å². The van der Waals surface area contributed by atoms with Crippen LogP contribution in [0.2, 0.25) is 0 Å². The van der Waals surface area contributed by atoms with E-state index in [2.05, 4.69) is 5.32 Å². The Morgan fingerprint density at radius 3 is 2.47 bits per heavy atom. The minimum absolute atomic E-state index is 0.120. The molecule has 1 aliphatic rings. The summed E-state index contributed by atoms with van der Waals surface area (Å²) in [4.78, 5) is 38.4. The average Bonchev–Trinajstić information content (AvgIpc) is 2.82. The summed E-state index contributed by atoms with van der Waals surface area (Å²) in [5, 5.41) is 3.27. The summed E-state index contributed by atoms with van der Waals surface area (Å²) in [7, 11) is 0. The van der Waals surface area contributed by atoms with Crippen LogP contribution in [-0.2, 0) is 9.53 Å². The van der Waals surface area contributed by atoms with Crippen LogP contribution in [-0.4, -0.2) is 24.0 Å². The Morgan fingerprint density at radius 1 is 1.03 bits per heavy atom. The lowest BCUT2D eigenvalue weighted by Gasteiger charge is -2.24. The van der Waals surface area contributed by atoms with Crippen molar-refractivity contribution in [3.8, 4) is 11.3 Å². The van der Waals surface area contributed by atoms with Gasteiger partial charge in [0.1, 0.15) is 11.3 Å². The summed E-state index contributed by atoms with van der Waals surface area (Å²) in [6.07, 6.45) is 4.32. The Labute approximate surface area is 186 Å². The van der Waals surface area contributed by atoms with Crippen LogP contribution >= 0.6 is 0 Å². The lowest BCUT2D eigenvalue weighted by molar-refractivity contribution is -0.130. The second-order valence-electron chi connectivity index (χ2n) is 8.32. The zero-order valence-electron chi connectivity index (χ0n) is 18.4. The van der Waals surface area contributed by atoms with Gasteiger partial charge in [-0.15, -0.1) is 0 Å². The average molecular weight is 434 g/mol. The van der Waals surface area contributed by atoms with Gasteiger partial charge in [0, 0.05) is 17.2 Å². The van der Waals surface area contributed by atoms with Crippen molar-refractivity contribution in [2.45, 2.75) is 58.1 Å². The van der Waals surface area contributed by atoms with Crippen molar-refractivity contribution in [3.05, 3.63) is 69.9 Å². The zero-order chi connectivity index (χ0) is 22.7. The molecule has 4 rings (SSSR count). The number of esters is 1. The van der Waals surface area contributed by atoms with Crippen molar-refractivity contribution in [1.29, 1.82) is 0 Å². The number of amides is 1. The fraction of sp³-hybridized carbons (Fsp3) is 0.346.